The number of sulfonamides is 1. The van der Waals surface area contributed by atoms with Gasteiger partial charge in [-0.3, -0.25) is 0 Å². The first kappa shape index (κ1) is 14.6. The molecule has 1 aliphatic rings. The minimum atomic E-state index is -3.63. The van der Waals surface area contributed by atoms with Crippen LogP contribution in [0.5, 0.6) is 0 Å². The van der Waals surface area contributed by atoms with Crippen molar-refractivity contribution in [3.05, 3.63) is 17.9 Å². The second-order valence-corrected chi connectivity index (χ2v) is 7.02. The van der Waals surface area contributed by atoms with Gasteiger partial charge in [0, 0.05) is 6.04 Å². The quantitative estimate of drug-likeness (QED) is 0.886. The summed E-state index contributed by atoms with van der Waals surface area (Å²) in [6, 6.07) is 2.81. The van der Waals surface area contributed by atoms with Gasteiger partial charge in [-0.25, -0.2) is 13.1 Å². The van der Waals surface area contributed by atoms with Crippen molar-refractivity contribution in [3.8, 4) is 0 Å². The number of nitrogens with one attached hydrogen (secondary N) is 1. The molecule has 1 heterocycles. The van der Waals surface area contributed by atoms with Crippen LogP contribution < -0.4 is 4.72 Å². The molecule has 108 valence electrons. The lowest BCUT2D eigenvalue weighted by molar-refractivity contribution is 0.223. The van der Waals surface area contributed by atoms with Crippen LogP contribution >= 0.6 is 0 Å². The van der Waals surface area contributed by atoms with Crippen LogP contribution in [-0.2, 0) is 16.6 Å². The third kappa shape index (κ3) is 3.19. The first-order chi connectivity index (χ1) is 8.94. The summed E-state index contributed by atoms with van der Waals surface area (Å²) < 4.78 is 32.2. The van der Waals surface area contributed by atoms with Crippen molar-refractivity contribution in [2.24, 2.45) is 11.8 Å². The Hall–Kier alpha value is -0.850. The largest absolute Gasteiger partial charge is 0.446 e. The molecule has 0 bridgehead atoms. The first-order valence-corrected chi connectivity index (χ1v) is 8.14. The van der Waals surface area contributed by atoms with Gasteiger partial charge in [-0.15, -0.1) is 0 Å². The highest BCUT2D eigenvalue weighted by Gasteiger charge is 2.31. The molecule has 0 amide bonds. The highest BCUT2D eigenvalue weighted by Crippen LogP contribution is 2.30. The fourth-order valence-corrected chi connectivity index (χ4v) is 3.90. The normalized spacial score (nSPS) is 28.5. The Balaban J connectivity index is 2.12. The number of hydrogen-bond acceptors (Lipinski definition) is 4. The Morgan fingerprint density at radius 2 is 2.11 bits per heavy atom. The standard InChI is InChI=1S/C13H21NO4S/c1-9-4-3-5-12(10(9)2)14-19(16,17)13-7-6-11(8-15)18-13/h6-7,9-10,12,14-15H,3-5,8H2,1-2H3. The summed E-state index contributed by atoms with van der Waals surface area (Å²) in [5.41, 5.74) is 0. The topological polar surface area (TPSA) is 79.5 Å². The Labute approximate surface area is 114 Å². The molecule has 5 nitrogen and oxygen atoms in total. The molecule has 1 aromatic rings. The third-order valence-corrected chi connectivity index (χ3v) is 5.43. The van der Waals surface area contributed by atoms with E-state index in [0.29, 0.717) is 11.8 Å². The van der Waals surface area contributed by atoms with Crippen molar-refractivity contribution in [2.45, 2.75) is 50.9 Å². The summed E-state index contributed by atoms with van der Waals surface area (Å²) in [6.07, 6.45) is 3.05. The maximum Gasteiger partial charge on any atom is 0.274 e. The predicted molar refractivity (Wildman–Crippen MR) is 70.9 cm³/mol. The van der Waals surface area contributed by atoms with Crippen LogP contribution in [0.25, 0.3) is 0 Å². The molecule has 0 aromatic carbocycles. The molecular formula is C13H21NO4S. The fourth-order valence-electron chi connectivity index (χ4n) is 2.59. The predicted octanol–water partition coefficient (Wildman–Crippen LogP) is 1.87. The van der Waals surface area contributed by atoms with E-state index in [1.807, 2.05) is 0 Å². The van der Waals surface area contributed by atoms with Gasteiger partial charge in [-0.05, 0) is 30.4 Å². The van der Waals surface area contributed by atoms with E-state index < -0.39 is 10.0 Å². The molecule has 2 N–H and O–H groups in total. The minimum absolute atomic E-state index is 0.0450. The van der Waals surface area contributed by atoms with E-state index >= 15 is 0 Å². The summed E-state index contributed by atoms with van der Waals surface area (Å²) in [5, 5.41) is 8.78. The number of rotatable bonds is 4. The van der Waals surface area contributed by atoms with Crippen molar-refractivity contribution in [1.29, 1.82) is 0 Å². The van der Waals surface area contributed by atoms with Gasteiger partial charge in [0.2, 0.25) is 5.09 Å². The molecule has 0 aliphatic heterocycles. The van der Waals surface area contributed by atoms with E-state index in [0.717, 1.165) is 19.3 Å². The maximum atomic E-state index is 12.2. The molecule has 3 atom stereocenters. The number of aliphatic hydroxyl groups excluding tert-OH is 1. The van der Waals surface area contributed by atoms with Crippen LogP contribution in [0.4, 0.5) is 0 Å². The lowest BCUT2D eigenvalue weighted by Gasteiger charge is -2.34. The molecule has 0 radical (unpaired) electrons. The molecule has 19 heavy (non-hydrogen) atoms. The molecule has 2 rings (SSSR count). The van der Waals surface area contributed by atoms with Crippen molar-refractivity contribution in [3.63, 3.8) is 0 Å². The summed E-state index contributed by atoms with van der Waals surface area (Å²) in [5.74, 6) is 1.09. The van der Waals surface area contributed by atoms with Gasteiger partial charge in [0.15, 0.2) is 0 Å². The lowest BCUT2D eigenvalue weighted by Crippen LogP contribution is -2.43. The van der Waals surface area contributed by atoms with Crippen molar-refractivity contribution in [1.82, 2.24) is 4.72 Å². The zero-order chi connectivity index (χ0) is 14.0. The van der Waals surface area contributed by atoms with E-state index in [-0.39, 0.29) is 23.5 Å². The summed E-state index contributed by atoms with van der Waals surface area (Å²) >= 11 is 0. The average molecular weight is 287 g/mol. The van der Waals surface area contributed by atoms with Gasteiger partial charge in [0.25, 0.3) is 10.0 Å². The van der Waals surface area contributed by atoms with Crippen LogP contribution in [0, 0.1) is 11.8 Å². The second kappa shape index (κ2) is 5.64. The molecule has 1 saturated carbocycles. The molecule has 6 heteroatoms. The Bertz CT molecular complexity index is 523. The molecule has 1 aliphatic carbocycles. The highest BCUT2D eigenvalue weighted by atomic mass is 32.2. The van der Waals surface area contributed by atoms with E-state index in [9.17, 15) is 8.42 Å². The average Bonchev–Trinajstić information content (AvgIpc) is 2.84. The van der Waals surface area contributed by atoms with E-state index in [1.165, 1.54) is 12.1 Å². The third-order valence-electron chi connectivity index (χ3n) is 4.07. The first-order valence-electron chi connectivity index (χ1n) is 6.66. The van der Waals surface area contributed by atoms with Crippen molar-refractivity contribution in [2.75, 3.05) is 0 Å². The van der Waals surface area contributed by atoms with Crippen LogP contribution in [0.2, 0.25) is 0 Å². The number of hydrogen-bond donors (Lipinski definition) is 2. The molecule has 1 aromatic heterocycles. The highest BCUT2D eigenvalue weighted by molar-refractivity contribution is 7.89. The Kier molecular flexibility index (Phi) is 4.32. The zero-order valence-electron chi connectivity index (χ0n) is 11.3. The van der Waals surface area contributed by atoms with Gasteiger partial charge in [-0.1, -0.05) is 26.7 Å². The van der Waals surface area contributed by atoms with Crippen LogP contribution in [0.3, 0.4) is 0 Å². The van der Waals surface area contributed by atoms with Crippen LogP contribution in [0.1, 0.15) is 38.9 Å². The van der Waals surface area contributed by atoms with Gasteiger partial charge in [-0.2, -0.15) is 0 Å². The van der Waals surface area contributed by atoms with Gasteiger partial charge >= 0.3 is 0 Å². The molecule has 0 saturated heterocycles. The lowest BCUT2D eigenvalue weighted by atomic mass is 9.78. The van der Waals surface area contributed by atoms with Crippen LogP contribution in [-0.4, -0.2) is 19.6 Å². The molecule has 1 fully saturated rings. The molecule has 0 spiro atoms. The fraction of sp³-hybridized carbons (Fsp3) is 0.692. The van der Waals surface area contributed by atoms with Gasteiger partial charge < -0.3 is 9.52 Å². The Morgan fingerprint density at radius 1 is 1.37 bits per heavy atom. The molecule has 3 unspecified atom stereocenters. The summed E-state index contributed by atoms with van der Waals surface area (Å²) in [7, 11) is -3.63. The number of furan rings is 1. The minimum Gasteiger partial charge on any atom is -0.446 e. The van der Waals surface area contributed by atoms with Gasteiger partial charge in [0.05, 0.1) is 0 Å². The zero-order valence-corrected chi connectivity index (χ0v) is 12.1. The SMILES string of the molecule is CC1CCCC(NS(=O)(=O)c2ccc(CO)o2)C1C. The van der Waals surface area contributed by atoms with E-state index in [2.05, 4.69) is 18.6 Å². The second-order valence-electron chi connectivity index (χ2n) is 5.37. The van der Waals surface area contributed by atoms with Crippen molar-refractivity contribution < 1.29 is 17.9 Å². The monoisotopic (exact) mass is 287 g/mol. The summed E-state index contributed by atoms with van der Waals surface area (Å²) in [6.45, 7) is 3.94. The summed E-state index contributed by atoms with van der Waals surface area (Å²) in [4.78, 5) is 0. The number of aliphatic hydroxyl groups is 1. The van der Waals surface area contributed by atoms with E-state index in [4.69, 9.17) is 9.52 Å². The molecular weight excluding hydrogens is 266 g/mol. The smallest absolute Gasteiger partial charge is 0.274 e. The Morgan fingerprint density at radius 3 is 2.74 bits per heavy atom. The van der Waals surface area contributed by atoms with Gasteiger partial charge in [0.1, 0.15) is 12.4 Å². The van der Waals surface area contributed by atoms with Crippen molar-refractivity contribution >= 4 is 10.0 Å². The van der Waals surface area contributed by atoms with Crippen LogP contribution in [0.15, 0.2) is 21.6 Å². The maximum absolute atomic E-state index is 12.2. The van der Waals surface area contributed by atoms with E-state index in [1.54, 1.807) is 0 Å².